The molecule has 0 bridgehead atoms. The van der Waals surface area contributed by atoms with Crippen molar-refractivity contribution in [2.75, 3.05) is 26.3 Å². The second kappa shape index (κ2) is 7.74. The zero-order valence-electron chi connectivity index (χ0n) is 12.8. The molecule has 20 heavy (non-hydrogen) atoms. The van der Waals surface area contributed by atoms with Crippen LogP contribution in [0.1, 0.15) is 51.9 Å². The van der Waals surface area contributed by atoms with Gasteiger partial charge in [-0.15, -0.1) is 0 Å². The first-order chi connectivity index (χ1) is 9.63. The van der Waals surface area contributed by atoms with Crippen LogP contribution in [0, 0.1) is 11.3 Å². The molecule has 2 aliphatic rings. The number of aliphatic hydroxyl groups excluding tert-OH is 2. The van der Waals surface area contributed by atoms with Crippen molar-refractivity contribution >= 4 is 0 Å². The number of aliphatic hydroxyl groups is 2. The predicted molar refractivity (Wildman–Crippen MR) is 79.6 cm³/mol. The molecule has 1 unspecified atom stereocenters. The van der Waals surface area contributed by atoms with Crippen LogP contribution in [-0.2, 0) is 4.74 Å². The maximum atomic E-state index is 9.94. The second-order valence-corrected chi connectivity index (χ2v) is 6.97. The summed E-state index contributed by atoms with van der Waals surface area (Å²) in [6.07, 6.45) is 8.00. The van der Waals surface area contributed by atoms with Crippen LogP contribution < -0.4 is 5.32 Å². The highest BCUT2D eigenvalue weighted by Crippen LogP contribution is 2.47. The molecule has 0 heterocycles. The van der Waals surface area contributed by atoms with Gasteiger partial charge in [0.25, 0.3) is 0 Å². The van der Waals surface area contributed by atoms with Gasteiger partial charge in [0, 0.05) is 19.7 Å². The van der Waals surface area contributed by atoms with Gasteiger partial charge in [-0.3, -0.25) is 0 Å². The number of nitrogens with one attached hydrogen (secondary N) is 1. The highest BCUT2D eigenvalue weighted by Gasteiger charge is 2.41. The lowest BCUT2D eigenvalue weighted by Gasteiger charge is -2.27. The number of hydrogen-bond acceptors (Lipinski definition) is 4. The Bertz CT molecular complexity index is 273. The molecule has 0 saturated heterocycles. The SMILES string of the molecule is CC1CCC(OCC(O)CNCC2(CCO)CC2)CC1. The van der Waals surface area contributed by atoms with Gasteiger partial charge in [0.15, 0.2) is 0 Å². The lowest BCUT2D eigenvalue weighted by atomic mass is 9.89. The summed E-state index contributed by atoms with van der Waals surface area (Å²) in [6, 6.07) is 0. The molecule has 0 spiro atoms. The van der Waals surface area contributed by atoms with Gasteiger partial charge in [-0.25, -0.2) is 0 Å². The Balaban J connectivity index is 1.51. The smallest absolute Gasteiger partial charge is 0.0897 e. The molecule has 118 valence electrons. The fourth-order valence-corrected chi connectivity index (χ4v) is 3.14. The lowest BCUT2D eigenvalue weighted by Crippen LogP contribution is -2.35. The molecule has 4 nitrogen and oxygen atoms in total. The Morgan fingerprint density at radius 3 is 2.55 bits per heavy atom. The van der Waals surface area contributed by atoms with Crippen LogP contribution in [0.2, 0.25) is 0 Å². The van der Waals surface area contributed by atoms with Gasteiger partial charge in [0.2, 0.25) is 0 Å². The molecular weight excluding hydrogens is 254 g/mol. The van der Waals surface area contributed by atoms with E-state index >= 15 is 0 Å². The standard InChI is InChI=1S/C16H31NO3/c1-13-2-4-15(5-3-13)20-11-14(19)10-17-12-16(6-7-16)8-9-18/h13-15,17-19H,2-12H2,1H3. The minimum Gasteiger partial charge on any atom is -0.396 e. The monoisotopic (exact) mass is 285 g/mol. The topological polar surface area (TPSA) is 61.7 Å². The van der Waals surface area contributed by atoms with Gasteiger partial charge in [-0.1, -0.05) is 6.92 Å². The number of rotatable bonds is 9. The molecule has 2 rings (SSSR count). The summed E-state index contributed by atoms with van der Waals surface area (Å²) >= 11 is 0. The minimum absolute atomic E-state index is 0.271. The van der Waals surface area contributed by atoms with Gasteiger partial charge in [0.1, 0.15) is 0 Å². The van der Waals surface area contributed by atoms with Crippen molar-refractivity contribution in [1.82, 2.24) is 5.32 Å². The van der Waals surface area contributed by atoms with Gasteiger partial charge >= 0.3 is 0 Å². The maximum absolute atomic E-state index is 9.94. The molecule has 4 heteroatoms. The lowest BCUT2D eigenvalue weighted by molar-refractivity contribution is -0.0280. The molecular formula is C16H31NO3. The maximum Gasteiger partial charge on any atom is 0.0897 e. The quantitative estimate of drug-likeness (QED) is 0.603. The van der Waals surface area contributed by atoms with E-state index in [1.807, 2.05) is 0 Å². The highest BCUT2D eigenvalue weighted by molar-refractivity contribution is 4.94. The molecule has 0 amide bonds. The molecule has 0 aromatic rings. The van der Waals surface area contributed by atoms with Crippen LogP contribution >= 0.6 is 0 Å². The first kappa shape index (κ1) is 16.2. The van der Waals surface area contributed by atoms with E-state index in [-0.39, 0.29) is 6.61 Å². The Morgan fingerprint density at radius 2 is 1.95 bits per heavy atom. The Hall–Kier alpha value is -0.160. The van der Waals surface area contributed by atoms with Crippen LogP contribution in [0.15, 0.2) is 0 Å². The second-order valence-electron chi connectivity index (χ2n) is 6.97. The average Bonchev–Trinajstić information content (AvgIpc) is 3.18. The van der Waals surface area contributed by atoms with E-state index in [9.17, 15) is 5.11 Å². The fourth-order valence-electron chi connectivity index (χ4n) is 3.14. The normalized spacial score (nSPS) is 30.1. The van der Waals surface area contributed by atoms with Gasteiger partial charge in [-0.05, 0) is 56.3 Å². The van der Waals surface area contributed by atoms with Crippen molar-refractivity contribution < 1.29 is 14.9 Å². The first-order valence-corrected chi connectivity index (χ1v) is 8.25. The number of ether oxygens (including phenoxy) is 1. The van der Waals surface area contributed by atoms with E-state index in [2.05, 4.69) is 12.2 Å². The molecule has 0 aromatic heterocycles. The molecule has 2 aliphatic carbocycles. The summed E-state index contributed by atoms with van der Waals surface area (Å²) < 4.78 is 5.81. The van der Waals surface area contributed by atoms with Crippen molar-refractivity contribution in [2.24, 2.45) is 11.3 Å². The summed E-state index contributed by atoms with van der Waals surface area (Å²) in [5.41, 5.74) is 0.314. The highest BCUT2D eigenvalue weighted by atomic mass is 16.5. The van der Waals surface area contributed by atoms with Crippen LogP contribution in [0.4, 0.5) is 0 Å². The van der Waals surface area contributed by atoms with Gasteiger partial charge in [0.05, 0.1) is 18.8 Å². The van der Waals surface area contributed by atoms with Crippen molar-refractivity contribution in [3.63, 3.8) is 0 Å². The first-order valence-electron chi connectivity index (χ1n) is 8.25. The Kier molecular flexibility index (Phi) is 6.27. The molecule has 1 atom stereocenters. The van der Waals surface area contributed by atoms with Gasteiger partial charge < -0.3 is 20.3 Å². The van der Waals surface area contributed by atoms with E-state index in [4.69, 9.17) is 9.84 Å². The molecule has 2 fully saturated rings. The summed E-state index contributed by atoms with van der Waals surface area (Å²) in [7, 11) is 0. The Morgan fingerprint density at radius 1 is 1.25 bits per heavy atom. The average molecular weight is 285 g/mol. The summed E-state index contributed by atoms with van der Waals surface area (Å²) in [5.74, 6) is 0.836. The van der Waals surface area contributed by atoms with Gasteiger partial charge in [-0.2, -0.15) is 0 Å². The largest absolute Gasteiger partial charge is 0.396 e. The molecule has 2 saturated carbocycles. The van der Waals surface area contributed by atoms with E-state index in [0.29, 0.717) is 24.7 Å². The Labute approximate surface area is 122 Å². The van der Waals surface area contributed by atoms with Crippen LogP contribution in [-0.4, -0.2) is 48.7 Å². The van der Waals surface area contributed by atoms with E-state index in [0.717, 1.165) is 31.7 Å². The molecule has 0 radical (unpaired) electrons. The molecule has 0 aliphatic heterocycles. The van der Waals surface area contributed by atoms with E-state index in [1.54, 1.807) is 0 Å². The van der Waals surface area contributed by atoms with E-state index in [1.165, 1.54) is 25.7 Å². The molecule has 0 aromatic carbocycles. The third-order valence-electron chi connectivity index (χ3n) is 4.97. The van der Waals surface area contributed by atoms with Crippen molar-refractivity contribution in [2.45, 2.75) is 64.1 Å². The summed E-state index contributed by atoms with van der Waals surface area (Å²) in [4.78, 5) is 0. The van der Waals surface area contributed by atoms with Crippen molar-refractivity contribution in [1.29, 1.82) is 0 Å². The van der Waals surface area contributed by atoms with Crippen LogP contribution in [0.5, 0.6) is 0 Å². The van der Waals surface area contributed by atoms with Crippen molar-refractivity contribution in [3.05, 3.63) is 0 Å². The van der Waals surface area contributed by atoms with Crippen LogP contribution in [0.25, 0.3) is 0 Å². The van der Waals surface area contributed by atoms with Crippen molar-refractivity contribution in [3.8, 4) is 0 Å². The summed E-state index contributed by atoms with van der Waals surface area (Å²) in [6.45, 7) is 4.52. The fraction of sp³-hybridized carbons (Fsp3) is 1.00. The minimum atomic E-state index is -0.417. The number of hydrogen-bond donors (Lipinski definition) is 3. The summed E-state index contributed by atoms with van der Waals surface area (Å²) in [5, 5.41) is 22.3. The zero-order chi connectivity index (χ0) is 14.4. The van der Waals surface area contributed by atoms with Crippen LogP contribution in [0.3, 0.4) is 0 Å². The zero-order valence-corrected chi connectivity index (χ0v) is 12.8. The van der Waals surface area contributed by atoms with E-state index < -0.39 is 6.10 Å². The predicted octanol–water partition coefficient (Wildman–Crippen LogP) is 1.69. The third kappa shape index (κ3) is 5.32. The molecule has 3 N–H and O–H groups in total. The third-order valence-corrected chi connectivity index (χ3v) is 4.97.